The van der Waals surface area contributed by atoms with Gasteiger partial charge in [0.15, 0.2) is 5.76 Å². The Bertz CT molecular complexity index is 1770. The van der Waals surface area contributed by atoms with Crippen LogP contribution in [0, 0.1) is 30.6 Å². The van der Waals surface area contributed by atoms with Gasteiger partial charge in [-0.15, -0.1) is 0 Å². The largest absolute Gasteiger partial charge is 0.507 e. The van der Waals surface area contributed by atoms with Crippen LogP contribution in [0.5, 0.6) is 11.5 Å². The molecule has 0 spiro atoms. The maximum atomic E-state index is 13.9. The van der Waals surface area contributed by atoms with Crippen molar-refractivity contribution in [3.63, 3.8) is 0 Å². The monoisotopic (exact) mass is 711 g/mol. The number of ketones is 3. The van der Waals surface area contributed by atoms with Crippen molar-refractivity contribution in [3.05, 3.63) is 64.1 Å². The number of allylic oxidation sites excluding steroid dienone is 3. The van der Waals surface area contributed by atoms with E-state index >= 15 is 0 Å². The number of ether oxygens (including phenoxy) is 4. The molecule has 14 heteroatoms. The third-order valence-corrected chi connectivity index (χ3v) is 9.93. The molecule has 4 aliphatic rings. The number of esters is 1. The number of carbonyl (C=O) groups is 5. The molecule has 9 atom stereocenters. The first-order chi connectivity index (χ1) is 23.8. The third-order valence-electron chi connectivity index (χ3n) is 9.93. The second-order valence-corrected chi connectivity index (χ2v) is 13.5. The summed E-state index contributed by atoms with van der Waals surface area (Å²) in [5.41, 5.74) is -2.34. The van der Waals surface area contributed by atoms with E-state index in [2.05, 4.69) is 5.32 Å². The highest BCUT2D eigenvalue weighted by Crippen LogP contribution is 2.49. The minimum Gasteiger partial charge on any atom is -0.507 e. The Kier molecular flexibility index (Phi) is 11.3. The zero-order chi connectivity index (χ0) is 38.3. The first-order valence-corrected chi connectivity index (χ1v) is 16.5. The predicted octanol–water partition coefficient (Wildman–Crippen LogP) is 3.36. The number of hydrogen-bond acceptors (Lipinski definition) is 13. The van der Waals surface area contributed by atoms with Crippen LogP contribution in [0.25, 0.3) is 5.76 Å². The summed E-state index contributed by atoms with van der Waals surface area (Å²) in [5.74, 6) is -11.5. The van der Waals surface area contributed by atoms with Crippen LogP contribution in [0.15, 0.2) is 41.8 Å². The van der Waals surface area contributed by atoms with Crippen LogP contribution < -0.4 is 10.1 Å². The van der Waals surface area contributed by atoms with Gasteiger partial charge in [0.1, 0.15) is 23.3 Å². The number of hydrogen-bond donors (Lipinski definition) is 5. The van der Waals surface area contributed by atoms with Crippen LogP contribution in [0.4, 0.5) is 0 Å². The number of Topliss-reactive ketones (excluding diaryl/α,β-unsaturated/α-hetero) is 3. The summed E-state index contributed by atoms with van der Waals surface area (Å²) >= 11 is 0. The Morgan fingerprint density at radius 2 is 1.55 bits per heavy atom. The molecule has 0 saturated heterocycles. The average Bonchev–Trinajstić information content (AvgIpc) is 3.35. The summed E-state index contributed by atoms with van der Waals surface area (Å²) in [6, 6.07) is 0. The number of phenols is 1. The number of aliphatic hydroxyl groups excluding tert-OH is 3. The van der Waals surface area contributed by atoms with Crippen LogP contribution in [0.1, 0.15) is 80.3 Å². The standard InChI is InChI=1S/C37H45NO13/c1-15-11-10-12-16(2)36(47)38-26-30(43)24-23(31(44)32(26)45)25-34(20(6)29(24)42)51-37(8,35(25)46)49-14-13-22(48-9)17(3)33(50-21(7)39)19(5)28(41)18(4)27(15)40/h10-15,17-19,22,27-28,33,40-43H,1-9H3,(H,38,47). The lowest BCUT2D eigenvalue weighted by Crippen LogP contribution is -2.46. The van der Waals surface area contributed by atoms with E-state index in [1.807, 2.05) is 0 Å². The molecule has 5 bridgehead atoms. The molecular formula is C37H45NO13. The Balaban J connectivity index is 1.88. The zero-order valence-electron chi connectivity index (χ0n) is 30.0. The van der Waals surface area contributed by atoms with Gasteiger partial charge in [0.2, 0.25) is 5.78 Å². The van der Waals surface area contributed by atoms with Gasteiger partial charge in [-0.05, 0) is 19.9 Å². The molecule has 51 heavy (non-hydrogen) atoms. The summed E-state index contributed by atoms with van der Waals surface area (Å²) in [6.07, 6.45) is 3.05. The van der Waals surface area contributed by atoms with Gasteiger partial charge in [0.25, 0.3) is 17.5 Å². The number of rotatable bonds is 2. The number of fused-ring (bicyclic) bond motifs is 14. The second kappa shape index (κ2) is 14.8. The van der Waals surface area contributed by atoms with Crippen LogP contribution >= 0.6 is 0 Å². The van der Waals surface area contributed by atoms with Crippen molar-refractivity contribution in [2.45, 2.75) is 85.6 Å². The van der Waals surface area contributed by atoms with Gasteiger partial charge in [0, 0.05) is 55.8 Å². The quantitative estimate of drug-likeness (QED) is 0.220. The van der Waals surface area contributed by atoms with E-state index < -0.39 is 117 Å². The van der Waals surface area contributed by atoms with Crippen molar-refractivity contribution in [2.24, 2.45) is 23.7 Å². The van der Waals surface area contributed by atoms with Crippen molar-refractivity contribution >= 4 is 35.0 Å². The average molecular weight is 712 g/mol. The van der Waals surface area contributed by atoms with Crippen LogP contribution in [-0.2, 0) is 28.6 Å². The van der Waals surface area contributed by atoms with E-state index in [-0.39, 0.29) is 16.9 Å². The zero-order valence-corrected chi connectivity index (χ0v) is 30.0. The van der Waals surface area contributed by atoms with Crippen molar-refractivity contribution in [1.82, 2.24) is 5.32 Å². The topological polar surface area (TPSA) is 215 Å². The van der Waals surface area contributed by atoms with Crippen LogP contribution in [-0.4, -0.2) is 87.0 Å². The highest BCUT2D eigenvalue weighted by atomic mass is 16.7. The Morgan fingerprint density at radius 1 is 0.902 bits per heavy atom. The normalized spacial score (nSPS) is 31.9. The van der Waals surface area contributed by atoms with Crippen molar-refractivity contribution in [2.75, 3.05) is 7.11 Å². The van der Waals surface area contributed by atoms with Gasteiger partial charge in [-0.1, -0.05) is 45.9 Å². The number of methoxy groups -OCH3 is 1. The summed E-state index contributed by atoms with van der Waals surface area (Å²) in [5, 5.41) is 47.1. The molecule has 14 nitrogen and oxygen atoms in total. The Labute approximate surface area is 295 Å². The van der Waals surface area contributed by atoms with E-state index in [1.54, 1.807) is 33.8 Å². The first kappa shape index (κ1) is 39.0. The fourth-order valence-corrected chi connectivity index (χ4v) is 6.68. The third kappa shape index (κ3) is 7.08. The number of phenolic OH excluding ortho intramolecular Hbond substituents is 1. The van der Waals surface area contributed by atoms with Crippen LogP contribution in [0.2, 0.25) is 0 Å². The molecule has 0 aromatic heterocycles. The Morgan fingerprint density at radius 3 is 2.16 bits per heavy atom. The lowest BCUT2D eigenvalue weighted by molar-refractivity contribution is -0.160. The first-order valence-electron chi connectivity index (χ1n) is 16.5. The van der Waals surface area contributed by atoms with Gasteiger partial charge in [0.05, 0.1) is 41.3 Å². The smallest absolute Gasteiger partial charge is 0.312 e. The molecule has 9 unspecified atom stereocenters. The molecule has 3 aliphatic heterocycles. The maximum Gasteiger partial charge on any atom is 0.312 e. The van der Waals surface area contributed by atoms with E-state index in [1.165, 1.54) is 53.0 Å². The summed E-state index contributed by atoms with van der Waals surface area (Å²) in [7, 11) is 1.40. The fraction of sp³-hybridized carbons (Fsp3) is 0.486. The molecular weight excluding hydrogens is 666 g/mol. The minimum atomic E-state index is -2.12. The molecule has 1 amide bonds. The van der Waals surface area contributed by atoms with Gasteiger partial charge in [-0.2, -0.15) is 0 Å². The molecule has 1 aromatic carbocycles. The molecule has 0 saturated carbocycles. The van der Waals surface area contributed by atoms with Gasteiger partial charge in [-0.3, -0.25) is 24.0 Å². The predicted molar refractivity (Wildman–Crippen MR) is 181 cm³/mol. The lowest BCUT2D eigenvalue weighted by atomic mass is 9.78. The molecule has 0 radical (unpaired) electrons. The molecule has 5 rings (SSSR count). The molecule has 5 N–H and O–H groups in total. The number of nitrogens with one attached hydrogen (secondary N) is 1. The molecule has 276 valence electrons. The summed E-state index contributed by atoms with van der Waals surface area (Å²) in [6.45, 7) is 12.0. The van der Waals surface area contributed by atoms with Crippen LogP contribution in [0.3, 0.4) is 0 Å². The SMILES string of the molecule is COC1C=COC2(C)Oc3c(C)c(O)c4c(c3C2=O)C(=O)C(=O)C(=C4O)NC(=O)C(C)=CC=CC(C)C(O)C(C)C(O)C(C)C(OC(C)=O)C1C. The maximum absolute atomic E-state index is 13.9. The number of amides is 1. The number of carbonyl (C=O) groups excluding carboxylic acids is 5. The molecule has 3 heterocycles. The van der Waals surface area contributed by atoms with E-state index in [4.69, 9.17) is 18.9 Å². The highest BCUT2D eigenvalue weighted by Gasteiger charge is 2.53. The molecule has 1 aromatic rings. The number of aromatic hydroxyl groups is 1. The van der Waals surface area contributed by atoms with Gasteiger partial charge in [-0.25, -0.2) is 0 Å². The fourth-order valence-electron chi connectivity index (χ4n) is 6.68. The molecule has 0 fully saturated rings. The van der Waals surface area contributed by atoms with Gasteiger partial charge >= 0.3 is 11.8 Å². The molecule has 1 aliphatic carbocycles. The summed E-state index contributed by atoms with van der Waals surface area (Å²) in [4.78, 5) is 66.0. The second-order valence-electron chi connectivity index (χ2n) is 13.5. The van der Waals surface area contributed by atoms with Gasteiger partial charge < -0.3 is 44.7 Å². The minimum absolute atomic E-state index is 0.0419. The highest BCUT2D eigenvalue weighted by molar-refractivity contribution is 6.53. The lowest BCUT2D eigenvalue weighted by Gasteiger charge is -2.38. The van der Waals surface area contributed by atoms with E-state index in [9.17, 15) is 44.4 Å². The van der Waals surface area contributed by atoms with E-state index in [0.29, 0.717) is 0 Å². The van der Waals surface area contributed by atoms with Crippen molar-refractivity contribution < 1.29 is 63.3 Å². The number of benzene rings is 1. The van der Waals surface area contributed by atoms with Crippen molar-refractivity contribution in [3.8, 4) is 11.5 Å². The van der Waals surface area contributed by atoms with E-state index in [0.717, 1.165) is 6.26 Å². The van der Waals surface area contributed by atoms with Crippen molar-refractivity contribution in [1.29, 1.82) is 0 Å². The summed E-state index contributed by atoms with van der Waals surface area (Å²) < 4.78 is 23.0. The number of aliphatic hydroxyl groups is 3. The Hall–Kier alpha value is -4.79.